The van der Waals surface area contributed by atoms with Crippen LogP contribution in [0.2, 0.25) is 0 Å². The molecule has 2 N–H and O–H groups in total. The first-order valence-corrected chi connectivity index (χ1v) is 10.2. The van der Waals surface area contributed by atoms with Gasteiger partial charge in [-0.2, -0.15) is 5.10 Å². The summed E-state index contributed by atoms with van der Waals surface area (Å²) in [7, 11) is 1.66. The molecule has 0 atom stereocenters. The molecule has 2 aliphatic rings. The number of methoxy groups -OCH3 is 1. The molecule has 0 spiro atoms. The zero-order valence-corrected chi connectivity index (χ0v) is 17.1. The van der Waals surface area contributed by atoms with E-state index in [2.05, 4.69) is 20.9 Å². The molecule has 1 fully saturated rings. The van der Waals surface area contributed by atoms with Gasteiger partial charge in [0.25, 0.3) is 0 Å². The van der Waals surface area contributed by atoms with Gasteiger partial charge < -0.3 is 9.47 Å². The molecule has 8 heteroatoms. The van der Waals surface area contributed by atoms with Crippen LogP contribution in [0, 0.1) is 5.92 Å². The van der Waals surface area contributed by atoms with Crippen molar-refractivity contribution < 1.29 is 14.3 Å². The summed E-state index contributed by atoms with van der Waals surface area (Å²) in [6, 6.07) is 7.96. The summed E-state index contributed by atoms with van der Waals surface area (Å²) in [4.78, 5) is 15.0. The van der Waals surface area contributed by atoms with Crippen LogP contribution in [0.4, 0.5) is 0 Å². The Morgan fingerprint density at radius 3 is 2.69 bits per heavy atom. The summed E-state index contributed by atoms with van der Waals surface area (Å²) in [5, 5.41) is 4.67. The van der Waals surface area contributed by atoms with Gasteiger partial charge in [0, 0.05) is 50.4 Å². The number of hydrazine groups is 1. The van der Waals surface area contributed by atoms with Gasteiger partial charge in [0.2, 0.25) is 0 Å². The summed E-state index contributed by atoms with van der Waals surface area (Å²) in [6.45, 7) is 7.47. The highest BCUT2D eigenvalue weighted by atomic mass is 16.5. The van der Waals surface area contributed by atoms with Gasteiger partial charge in [-0.25, -0.2) is 4.79 Å². The average molecular weight is 399 g/mol. The lowest BCUT2D eigenvalue weighted by molar-refractivity contribution is 0.0515. The number of hydrogen-bond donors (Lipinski definition) is 2. The minimum Gasteiger partial charge on any atom is -0.497 e. The van der Waals surface area contributed by atoms with Crippen molar-refractivity contribution in [3.63, 3.8) is 0 Å². The van der Waals surface area contributed by atoms with Gasteiger partial charge in [0.15, 0.2) is 5.69 Å². The lowest BCUT2D eigenvalue weighted by Crippen LogP contribution is -2.36. The fraction of sp³-hybridized carbons (Fsp3) is 0.524. The van der Waals surface area contributed by atoms with Crippen molar-refractivity contribution in [2.75, 3.05) is 39.9 Å². The maximum Gasteiger partial charge on any atom is 0.359 e. The van der Waals surface area contributed by atoms with E-state index < -0.39 is 0 Å². The Balaban J connectivity index is 1.57. The molecule has 3 heterocycles. The molecule has 0 radical (unpaired) electrons. The van der Waals surface area contributed by atoms with Crippen LogP contribution < -0.4 is 15.6 Å². The number of esters is 1. The molecule has 29 heavy (non-hydrogen) atoms. The number of carbonyl (C=O) groups excluding carboxylic acids is 1. The normalized spacial score (nSPS) is 17.3. The Hall–Kier alpha value is -2.42. The highest BCUT2D eigenvalue weighted by molar-refractivity contribution is 5.89. The monoisotopic (exact) mass is 399 g/mol. The SMILES string of the molecule is CCOC(=O)c1nn(Cc2ccc(OC)cc2)c2c1CN(CC1CNNC1)CC2. The van der Waals surface area contributed by atoms with Gasteiger partial charge in [-0.3, -0.25) is 20.4 Å². The van der Waals surface area contributed by atoms with Crippen LogP contribution in [0.5, 0.6) is 5.75 Å². The van der Waals surface area contributed by atoms with E-state index >= 15 is 0 Å². The Morgan fingerprint density at radius 1 is 1.24 bits per heavy atom. The van der Waals surface area contributed by atoms with Crippen molar-refractivity contribution >= 4 is 5.97 Å². The molecule has 156 valence electrons. The Labute approximate surface area is 171 Å². The second-order valence-electron chi connectivity index (χ2n) is 7.61. The van der Waals surface area contributed by atoms with Crippen molar-refractivity contribution in [2.24, 2.45) is 5.92 Å². The molecular formula is C21H29N5O3. The van der Waals surface area contributed by atoms with Crippen LogP contribution in [-0.4, -0.2) is 60.5 Å². The Kier molecular flexibility index (Phi) is 6.13. The minimum absolute atomic E-state index is 0.330. The van der Waals surface area contributed by atoms with E-state index in [1.807, 2.05) is 35.9 Å². The second kappa shape index (κ2) is 8.94. The van der Waals surface area contributed by atoms with E-state index in [9.17, 15) is 4.79 Å². The summed E-state index contributed by atoms with van der Waals surface area (Å²) >= 11 is 0. The van der Waals surface area contributed by atoms with Gasteiger partial charge in [-0.15, -0.1) is 0 Å². The Morgan fingerprint density at radius 2 is 2.00 bits per heavy atom. The van der Waals surface area contributed by atoms with Gasteiger partial charge in [0.05, 0.1) is 20.3 Å². The molecule has 4 rings (SSSR count). The van der Waals surface area contributed by atoms with E-state index in [4.69, 9.17) is 9.47 Å². The largest absolute Gasteiger partial charge is 0.497 e. The number of carbonyl (C=O) groups is 1. The van der Waals surface area contributed by atoms with E-state index in [0.29, 0.717) is 24.8 Å². The van der Waals surface area contributed by atoms with E-state index in [-0.39, 0.29) is 5.97 Å². The van der Waals surface area contributed by atoms with Crippen molar-refractivity contribution in [1.29, 1.82) is 0 Å². The van der Waals surface area contributed by atoms with Crippen molar-refractivity contribution in [2.45, 2.75) is 26.4 Å². The van der Waals surface area contributed by atoms with Crippen molar-refractivity contribution in [3.05, 3.63) is 46.8 Å². The summed E-state index contributed by atoms with van der Waals surface area (Å²) in [5.41, 5.74) is 10.1. The summed E-state index contributed by atoms with van der Waals surface area (Å²) < 4.78 is 12.5. The molecule has 0 amide bonds. The number of nitrogens with one attached hydrogen (secondary N) is 2. The van der Waals surface area contributed by atoms with E-state index in [1.54, 1.807) is 7.11 Å². The first kappa shape index (κ1) is 19.9. The molecule has 1 aromatic carbocycles. The number of aromatic nitrogens is 2. The molecule has 0 aliphatic carbocycles. The topological polar surface area (TPSA) is 80.6 Å². The third-order valence-electron chi connectivity index (χ3n) is 5.60. The van der Waals surface area contributed by atoms with Gasteiger partial charge >= 0.3 is 5.97 Å². The molecule has 1 saturated heterocycles. The molecule has 2 aliphatic heterocycles. The lowest BCUT2D eigenvalue weighted by Gasteiger charge is -2.29. The third kappa shape index (κ3) is 4.44. The van der Waals surface area contributed by atoms with Crippen LogP contribution in [-0.2, 0) is 24.2 Å². The first-order chi connectivity index (χ1) is 14.2. The van der Waals surface area contributed by atoms with Gasteiger partial charge in [0.1, 0.15) is 5.75 Å². The molecule has 0 unspecified atom stereocenters. The number of hydrogen-bond acceptors (Lipinski definition) is 7. The fourth-order valence-corrected chi connectivity index (χ4v) is 4.10. The third-order valence-corrected chi connectivity index (χ3v) is 5.60. The predicted octanol–water partition coefficient (Wildman–Crippen LogP) is 1.20. The predicted molar refractivity (Wildman–Crippen MR) is 109 cm³/mol. The van der Waals surface area contributed by atoms with Crippen molar-refractivity contribution in [3.8, 4) is 5.75 Å². The van der Waals surface area contributed by atoms with Crippen molar-refractivity contribution in [1.82, 2.24) is 25.5 Å². The van der Waals surface area contributed by atoms with E-state index in [1.165, 1.54) is 0 Å². The zero-order chi connectivity index (χ0) is 20.2. The quantitative estimate of drug-likeness (QED) is 0.677. The molecule has 2 aromatic rings. The van der Waals surface area contributed by atoms with Gasteiger partial charge in [-0.1, -0.05) is 12.1 Å². The zero-order valence-electron chi connectivity index (χ0n) is 17.1. The molecular weight excluding hydrogens is 370 g/mol. The Bertz CT molecular complexity index is 843. The number of nitrogens with zero attached hydrogens (tertiary/aromatic N) is 3. The summed E-state index contributed by atoms with van der Waals surface area (Å²) in [6.07, 6.45) is 0.880. The molecule has 1 aromatic heterocycles. The molecule has 0 bridgehead atoms. The number of rotatable bonds is 7. The second-order valence-corrected chi connectivity index (χ2v) is 7.61. The first-order valence-electron chi connectivity index (χ1n) is 10.2. The van der Waals surface area contributed by atoms with E-state index in [0.717, 1.165) is 61.7 Å². The standard InChI is InChI=1S/C21H29N5O3/c1-3-29-21(27)20-18-14-25(12-16-10-22-23-11-16)9-8-19(18)26(24-20)13-15-4-6-17(28-2)7-5-15/h4-7,16,22-23H,3,8-14H2,1-2H3. The number of ether oxygens (including phenoxy) is 2. The fourth-order valence-electron chi connectivity index (χ4n) is 4.10. The number of fused-ring (bicyclic) bond motifs is 1. The average Bonchev–Trinajstić information content (AvgIpc) is 3.37. The van der Waals surface area contributed by atoms with Crippen LogP contribution in [0.1, 0.15) is 34.2 Å². The highest BCUT2D eigenvalue weighted by Crippen LogP contribution is 2.25. The smallest absolute Gasteiger partial charge is 0.359 e. The van der Waals surface area contributed by atoms with Crippen LogP contribution in [0.15, 0.2) is 24.3 Å². The molecule has 0 saturated carbocycles. The maximum absolute atomic E-state index is 12.6. The maximum atomic E-state index is 12.6. The van der Waals surface area contributed by atoms with Crippen LogP contribution in [0.25, 0.3) is 0 Å². The minimum atomic E-state index is -0.330. The lowest BCUT2D eigenvalue weighted by atomic mass is 10.0. The van der Waals surface area contributed by atoms with Crippen LogP contribution in [0.3, 0.4) is 0 Å². The summed E-state index contributed by atoms with van der Waals surface area (Å²) in [5.74, 6) is 1.08. The van der Waals surface area contributed by atoms with Gasteiger partial charge in [-0.05, 0) is 30.5 Å². The number of benzene rings is 1. The molecule has 8 nitrogen and oxygen atoms in total. The van der Waals surface area contributed by atoms with Crippen LogP contribution >= 0.6 is 0 Å². The highest BCUT2D eigenvalue weighted by Gasteiger charge is 2.30.